The third-order valence-corrected chi connectivity index (χ3v) is 4.23. The van der Waals surface area contributed by atoms with Crippen molar-refractivity contribution in [2.45, 2.75) is 71.3 Å². The highest BCUT2D eigenvalue weighted by Gasteiger charge is 2.25. The lowest BCUT2D eigenvalue weighted by atomic mass is 9.98. The Morgan fingerprint density at radius 1 is 1.29 bits per heavy atom. The van der Waals surface area contributed by atoms with Gasteiger partial charge < -0.3 is 10.0 Å². The molecule has 0 aliphatic carbocycles. The number of unbranched alkanes of at least 4 members (excludes halogenated alkanes) is 1. The molecule has 0 bridgehead atoms. The average molecular weight is 241 g/mol. The van der Waals surface area contributed by atoms with Crippen LogP contribution in [0.25, 0.3) is 0 Å². The van der Waals surface area contributed by atoms with E-state index in [1.165, 1.54) is 58.0 Å². The van der Waals surface area contributed by atoms with Gasteiger partial charge in [0.05, 0.1) is 0 Å². The molecule has 1 fully saturated rings. The third kappa shape index (κ3) is 5.39. The zero-order valence-electron chi connectivity index (χ0n) is 11.8. The predicted molar refractivity (Wildman–Crippen MR) is 74.2 cm³/mol. The Bertz CT molecular complexity index is 184. The molecule has 0 aromatic rings. The van der Waals surface area contributed by atoms with Crippen LogP contribution in [-0.4, -0.2) is 35.7 Å². The number of likely N-dealkylation sites (tertiary alicyclic amines) is 1. The maximum absolute atomic E-state index is 8.94. The van der Waals surface area contributed by atoms with Gasteiger partial charge in [0.25, 0.3) is 0 Å². The molecule has 0 radical (unpaired) electrons. The van der Waals surface area contributed by atoms with Crippen LogP contribution in [0.1, 0.15) is 65.2 Å². The Kier molecular flexibility index (Phi) is 7.87. The van der Waals surface area contributed by atoms with E-state index in [0.717, 1.165) is 18.4 Å². The summed E-state index contributed by atoms with van der Waals surface area (Å²) in [6.45, 7) is 7.56. The molecule has 1 rings (SSSR count). The zero-order valence-corrected chi connectivity index (χ0v) is 11.8. The van der Waals surface area contributed by atoms with E-state index in [2.05, 4.69) is 18.7 Å². The summed E-state index contributed by atoms with van der Waals surface area (Å²) in [5.74, 6) is 0.893. The SMILES string of the molecule is CCCCC(CC)CN1CCCC1CCCO. The minimum absolute atomic E-state index is 0.359. The van der Waals surface area contributed by atoms with Crippen molar-refractivity contribution in [3.63, 3.8) is 0 Å². The molecule has 2 heteroatoms. The predicted octanol–water partition coefficient (Wildman–Crippen LogP) is 3.44. The lowest BCUT2D eigenvalue weighted by Gasteiger charge is -2.28. The topological polar surface area (TPSA) is 23.5 Å². The van der Waals surface area contributed by atoms with E-state index in [1.807, 2.05) is 0 Å². The first-order chi connectivity index (χ1) is 8.31. The summed E-state index contributed by atoms with van der Waals surface area (Å²) in [6.07, 6.45) is 10.3. The van der Waals surface area contributed by atoms with Crippen molar-refractivity contribution in [1.29, 1.82) is 0 Å². The van der Waals surface area contributed by atoms with Gasteiger partial charge in [0.15, 0.2) is 0 Å². The van der Waals surface area contributed by atoms with Crippen LogP contribution in [0.5, 0.6) is 0 Å². The molecular weight excluding hydrogens is 210 g/mol. The molecule has 2 unspecified atom stereocenters. The Morgan fingerprint density at radius 2 is 2.12 bits per heavy atom. The van der Waals surface area contributed by atoms with Crippen LogP contribution < -0.4 is 0 Å². The van der Waals surface area contributed by atoms with E-state index in [4.69, 9.17) is 5.11 Å². The molecule has 0 aromatic heterocycles. The van der Waals surface area contributed by atoms with Crippen LogP contribution in [0.3, 0.4) is 0 Å². The second-order valence-electron chi connectivity index (χ2n) is 5.57. The summed E-state index contributed by atoms with van der Waals surface area (Å²) in [7, 11) is 0. The maximum atomic E-state index is 8.94. The summed E-state index contributed by atoms with van der Waals surface area (Å²) < 4.78 is 0. The van der Waals surface area contributed by atoms with Crippen LogP contribution >= 0.6 is 0 Å². The fourth-order valence-corrected chi connectivity index (χ4v) is 3.04. The summed E-state index contributed by atoms with van der Waals surface area (Å²) in [4.78, 5) is 2.69. The first kappa shape index (κ1) is 15.0. The highest BCUT2D eigenvalue weighted by Crippen LogP contribution is 2.24. The number of rotatable bonds is 9. The lowest BCUT2D eigenvalue weighted by molar-refractivity contribution is 0.183. The van der Waals surface area contributed by atoms with Gasteiger partial charge in [0.1, 0.15) is 0 Å². The van der Waals surface area contributed by atoms with Crippen molar-refractivity contribution in [2.24, 2.45) is 5.92 Å². The highest BCUT2D eigenvalue weighted by atomic mass is 16.2. The molecule has 1 aliphatic rings. The van der Waals surface area contributed by atoms with Gasteiger partial charge in [-0.2, -0.15) is 0 Å². The molecule has 0 spiro atoms. The molecule has 1 aliphatic heterocycles. The fourth-order valence-electron chi connectivity index (χ4n) is 3.04. The standard InChI is InChI=1S/C15H31NO/c1-3-5-8-14(4-2)13-16-11-6-9-15(16)10-7-12-17/h14-15,17H,3-13H2,1-2H3. The van der Waals surface area contributed by atoms with Gasteiger partial charge in [-0.15, -0.1) is 0 Å². The molecule has 2 nitrogen and oxygen atoms in total. The lowest BCUT2D eigenvalue weighted by Crippen LogP contribution is -2.34. The van der Waals surface area contributed by atoms with Crippen molar-refractivity contribution in [1.82, 2.24) is 4.90 Å². The van der Waals surface area contributed by atoms with Crippen LogP contribution in [0.4, 0.5) is 0 Å². The number of nitrogens with zero attached hydrogens (tertiary/aromatic N) is 1. The van der Waals surface area contributed by atoms with Crippen molar-refractivity contribution in [3.8, 4) is 0 Å². The molecule has 1 saturated heterocycles. The van der Waals surface area contributed by atoms with Crippen LogP contribution in [0.2, 0.25) is 0 Å². The molecule has 102 valence electrons. The average Bonchev–Trinajstić information content (AvgIpc) is 2.79. The third-order valence-electron chi connectivity index (χ3n) is 4.23. The molecule has 1 heterocycles. The number of aliphatic hydroxyl groups is 1. The van der Waals surface area contributed by atoms with Crippen LogP contribution in [0.15, 0.2) is 0 Å². The minimum atomic E-state index is 0.359. The second kappa shape index (κ2) is 8.93. The van der Waals surface area contributed by atoms with E-state index < -0.39 is 0 Å². The minimum Gasteiger partial charge on any atom is -0.396 e. The van der Waals surface area contributed by atoms with Gasteiger partial charge in [-0.1, -0.05) is 33.1 Å². The second-order valence-corrected chi connectivity index (χ2v) is 5.57. The monoisotopic (exact) mass is 241 g/mol. The largest absolute Gasteiger partial charge is 0.396 e. The summed E-state index contributed by atoms with van der Waals surface area (Å²) >= 11 is 0. The molecule has 0 aromatic carbocycles. The van der Waals surface area contributed by atoms with E-state index in [0.29, 0.717) is 6.61 Å². The normalized spacial score (nSPS) is 23.1. The Hall–Kier alpha value is -0.0800. The van der Waals surface area contributed by atoms with Gasteiger partial charge in [-0.3, -0.25) is 0 Å². The highest BCUT2D eigenvalue weighted by molar-refractivity contribution is 4.80. The van der Waals surface area contributed by atoms with Crippen molar-refractivity contribution in [3.05, 3.63) is 0 Å². The van der Waals surface area contributed by atoms with Crippen molar-refractivity contribution >= 4 is 0 Å². The van der Waals surface area contributed by atoms with E-state index in [1.54, 1.807) is 0 Å². The van der Waals surface area contributed by atoms with Gasteiger partial charge in [0, 0.05) is 19.2 Å². The van der Waals surface area contributed by atoms with E-state index >= 15 is 0 Å². The van der Waals surface area contributed by atoms with Crippen molar-refractivity contribution in [2.75, 3.05) is 19.7 Å². The molecular formula is C15H31NO. The maximum Gasteiger partial charge on any atom is 0.0431 e. The summed E-state index contributed by atoms with van der Waals surface area (Å²) in [5, 5.41) is 8.94. The van der Waals surface area contributed by atoms with Crippen LogP contribution in [-0.2, 0) is 0 Å². The molecule has 1 N–H and O–H groups in total. The van der Waals surface area contributed by atoms with E-state index in [-0.39, 0.29) is 0 Å². The zero-order chi connectivity index (χ0) is 12.5. The Labute approximate surface area is 107 Å². The van der Waals surface area contributed by atoms with Gasteiger partial charge >= 0.3 is 0 Å². The molecule has 0 amide bonds. The van der Waals surface area contributed by atoms with Gasteiger partial charge in [0.2, 0.25) is 0 Å². The quantitative estimate of drug-likeness (QED) is 0.668. The molecule has 2 atom stereocenters. The number of hydrogen-bond acceptors (Lipinski definition) is 2. The van der Waals surface area contributed by atoms with E-state index in [9.17, 15) is 0 Å². The molecule has 17 heavy (non-hydrogen) atoms. The van der Waals surface area contributed by atoms with Gasteiger partial charge in [-0.05, 0) is 44.6 Å². The first-order valence-electron chi connectivity index (χ1n) is 7.66. The van der Waals surface area contributed by atoms with Gasteiger partial charge in [-0.25, -0.2) is 0 Å². The Morgan fingerprint density at radius 3 is 2.76 bits per heavy atom. The summed E-state index contributed by atoms with van der Waals surface area (Å²) in [5.41, 5.74) is 0. The van der Waals surface area contributed by atoms with Crippen LogP contribution in [0, 0.1) is 5.92 Å². The smallest absolute Gasteiger partial charge is 0.0431 e. The number of hydrogen-bond donors (Lipinski definition) is 1. The van der Waals surface area contributed by atoms with Crippen molar-refractivity contribution < 1.29 is 5.11 Å². The number of aliphatic hydroxyl groups excluding tert-OH is 1. The fraction of sp³-hybridized carbons (Fsp3) is 1.00. The first-order valence-corrected chi connectivity index (χ1v) is 7.66. The summed E-state index contributed by atoms with van der Waals surface area (Å²) in [6, 6.07) is 0.762. The Balaban J connectivity index is 2.31. The molecule has 0 saturated carbocycles.